The molecule has 0 aliphatic heterocycles. The Kier molecular flexibility index (Phi) is 6.32. The molecule has 0 fully saturated rings. The van der Waals surface area contributed by atoms with E-state index in [2.05, 4.69) is 9.50 Å². The van der Waals surface area contributed by atoms with E-state index in [9.17, 15) is 18.0 Å². The van der Waals surface area contributed by atoms with E-state index in [1.165, 1.54) is 6.92 Å². The van der Waals surface area contributed by atoms with Gasteiger partial charge in [0.05, 0.1) is 6.26 Å². The smallest absolute Gasteiger partial charge is 0.408 e. The molecule has 0 spiro atoms. The number of hydrogen-bond acceptors (Lipinski definition) is 6. The van der Waals surface area contributed by atoms with Gasteiger partial charge in [-0.1, -0.05) is 30.3 Å². The highest BCUT2D eigenvalue weighted by Crippen LogP contribution is 2.05. The molecule has 0 saturated carbocycles. The topological polar surface area (TPSA) is 125 Å². The summed E-state index contributed by atoms with van der Waals surface area (Å²) in [6, 6.07) is 7.56. The second-order valence-corrected chi connectivity index (χ2v) is 6.19. The number of amides is 2. The fourth-order valence-corrected chi connectivity index (χ4v) is 2.31. The molecule has 0 heterocycles. The van der Waals surface area contributed by atoms with E-state index in [0.717, 1.165) is 11.8 Å². The van der Waals surface area contributed by atoms with Gasteiger partial charge in [0.25, 0.3) is 10.1 Å². The molecule has 0 aliphatic rings. The molecule has 0 radical (unpaired) electrons. The molecule has 22 heavy (non-hydrogen) atoms. The van der Waals surface area contributed by atoms with Gasteiger partial charge in [0, 0.05) is 0 Å². The number of rotatable bonds is 7. The van der Waals surface area contributed by atoms with Crippen LogP contribution in [0.4, 0.5) is 4.79 Å². The monoisotopic (exact) mass is 330 g/mol. The van der Waals surface area contributed by atoms with Gasteiger partial charge < -0.3 is 15.8 Å². The van der Waals surface area contributed by atoms with Crippen LogP contribution in [0.1, 0.15) is 12.5 Å². The predicted molar refractivity (Wildman–Crippen MR) is 78.1 cm³/mol. The van der Waals surface area contributed by atoms with Gasteiger partial charge >= 0.3 is 6.09 Å². The first-order valence-electron chi connectivity index (χ1n) is 6.34. The molecule has 0 aromatic heterocycles. The first-order chi connectivity index (χ1) is 10.2. The standard InChI is InChI=1S/C13H18N2O6S/c1-9(21-22(2,18)19)11(12(14)16)15-13(17)20-8-10-6-4-3-5-7-10/h3-7,9,11H,8H2,1-2H3,(H2,14,16)(H,15,17)/t9-,11+/m1/s1. The molecule has 1 aromatic carbocycles. The number of hydrogen-bond donors (Lipinski definition) is 2. The minimum absolute atomic E-state index is 0.000526. The highest BCUT2D eigenvalue weighted by Gasteiger charge is 2.28. The fraction of sp³-hybridized carbons (Fsp3) is 0.385. The summed E-state index contributed by atoms with van der Waals surface area (Å²) in [6.07, 6.45) is -1.23. The van der Waals surface area contributed by atoms with Gasteiger partial charge in [-0.25, -0.2) is 4.79 Å². The van der Waals surface area contributed by atoms with Gasteiger partial charge in [0.1, 0.15) is 18.8 Å². The molecular formula is C13H18N2O6S. The number of nitrogens with two attached hydrogens (primary N) is 1. The summed E-state index contributed by atoms with van der Waals surface area (Å²) >= 11 is 0. The minimum atomic E-state index is -3.79. The number of carbonyl (C=O) groups is 2. The zero-order valence-corrected chi connectivity index (χ0v) is 13.0. The van der Waals surface area contributed by atoms with Crippen LogP contribution in [0.15, 0.2) is 30.3 Å². The van der Waals surface area contributed by atoms with E-state index in [4.69, 9.17) is 10.5 Å². The van der Waals surface area contributed by atoms with Crippen LogP contribution in [0.2, 0.25) is 0 Å². The third-order valence-corrected chi connectivity index (χ3v) is 3.24. The molecule has 3 N–H and O–H groups in total. The molecule has 9 heteroatoms. The van der Waals surface area contributed by atoms with Crippen LogP contribution in [0, 0.1) is 0 Å². The van der Waals surface area contributed by atoms with Crippen molar-refractivity contribution >= 4 is 22.1 Å². The third kappa shape index (κ3) is 6.55. The number of benzene rings is 1. The average Bonchev–Trinajstić information content (AvgIpc) is 2.41. The van der Waals surface area contributed by atoms with Gasteiger partial charge in [-0.2, -0.15) is 8.42 Å². The van der Waals surface area contributed by atoms with Crippen molar-refractivity contribution in [3.05, 3.63) is 35.9 Å². The van der Waals surface area contributed by atoms with E-state index in [-0.39, 0.29) is 6.61 Å². The van der Waals surface area contributed by atoms with Crippen LogP contribution < -0.4 is 11.1 Å². The van der Waals surface area contributed by atoms with Crippen molar-refractivity contribution in [3.63, 3.8) is 0 Å². The second kappa shape index (κ2) is 7.76. The molecule has 0 unspecified atom stereocenters. The van der Waals surface area contributed by atoms with Gasteiger partial charge in [0.2, 0.25) is 5.91 Å². The summed E-state index contributed by atoms with van der Waals surface area (Å²) in [5.74, 6) is -0.937. The zero-order valence-electron chi connectivity index (χ0n) is 12.2. The lowest BCUT2D eigenvalue weighted by atomic mass is 10.2. The summed E-state index contributed by atoms with van der Waals surface area (Å²) in [5, 5.41) is 2.18. The maximum atomic E-state index is 11.7. The van der Waals surface area contributed by atoms with E-state index >= 15 is 0 Å². The normalized spacial score (nSPS) is 13.9. The Labute approximate surface area is 128 Å². The van der Waals surface area contributed by atoms with E-state index in [1.54, 1.807) is 24.3 Å². The summed E-state index contributed by atoms with van der Waals surface area (Å²) < 4.78 is 31.6. The molecule has 0 aliphatic carbocycles. The molecule has 0 saturated heterocycles. The number of ether oxygens (including phenoxy) is 1. The molecule has 8 nitrogen and oxygen atoms in total. The average molecular weight is 330 g/mol. The Morgan fingerprint density at radius 2 is 1.86 bits per heavy atom. The summed E-state index contributed by atoms with van der Waals surface area (Å²) in [6.45, 7) is 1.30. The maximum Gasteiger partial charge on any atom is 0.408 e. The summed E-state index contributed by atoms with van der Waals surface area (Å²) in [7, 11) is -3.79. The van der Waals surface area contributed by atoms with Gasteiger partial charge in [-0.15, -0.1) is 0 Å². The zero-order chi connectivity index (χ0) is 16.8. The Morgan fingerprint density at radius 1 is 1.27 bits per heavy atom. The van der Waals surface area contributed by atoms with Crippen molar-refractivity contribution in [2.45, 2.75) is 25.7 Å². The van der Waals surface area contributed by atoms with Crippen LogP contribution in [-0.4, -0.2) is 38.8 Å². The van der Waals surface area contributed by atoms with Crippen LogP contribution in [-0.2, 0) is 30.4 Å². The minimum Gasteiger partial charge on any atom is -0.445 e. The lowest BCUT2D eigenvalue weighted by Gasteiger charge is -2.21. The summed E-state index contributed by atoms with van der Waals surface area (Å²) in [5.41, 5.74) is 5.89. The van der Waals surface area contributed by atoms with E-state index < -0.39 is 34.3 Å². The molecule has 2 amide bonds. The Hall–Kier alpha value is -2.13. The second-order valence-electron chi connectivity index (χ2n) is 4.59. The highest BCUT2D eigenvalue weighted by molar-refractivity contribution is 7.86. The SMILES string of the molecule is C[C@@H](OS(C)(=O)=O)[C@H](NC(=O)OCc1ccccc1)C(N)=O. The van der Waals surface area contributed by atoms with Crippen molar-refractivity contribution in [2.75, 3.05) is 6.26 Å². The quantitative estimate of drug-likeness (QED) is 0.685. The van der Waals surface area contributed by atoms with Crippen LogP contribution in [0.5, 0.6) is 0 Å². The van der Waals surface area contributed by atoms with Crippen molar-refractivity contribution in [3.8, 4) is 0 Å². The molecular weight excluding hydrogens is 312 g/mol. The number of alkyl carbamates (subject to hydrolysis) is 1. The third-order valence-electron chi connectivity index (χ3n) is 2.59. The molecule has 2 atom stereocenters. The summed E-state index contributed by atoms with van der Waals surface area (Å²) in [4.78, 5) is 23.0. The van der Waals surface area contributed by atoms with Crippen molar-refractivity contribution < 1.29 is 26.9 Å². The number of carbonyl (C=O) groups excluding carboxylic acids is 2. The first kappa shape index (κ1) is 17.9. The molecule has 1 aromatic rings. The fourth-order valence-electron chi connectivity index (χ4n) is 1.64. The van der Waals surface area contributed by atoms with Crippen molar-refractivity contribution in [2.24, 2.45) is 5.73 Å². The lowest BCUT2D eigenvalue weighted by Crippen LogP contribution is -2.52. The molecule has 1 rings (SSSR count). The Balaban J connectivity index is 2.59. The lowest BCUT2D eigenvalue weighted by molar-refractivity contribution is -0.121. The van der Waals surface area contributed by atoms with Crippen molar-refractivity contribution in [1.82, 2.24) is 5.32 Å². The van der Waals surface area contributed by atoms with Crippen LogP contribution in [0.25, 0.3) is 0 Å². The van der Waals surface area contributed by atoms with Crippen LogP contribution in [0.3, 0.4) is 0 Å². The molecule has 0 bridgehead atoms. The highest BCUT2D eigenvalue weighted by atomic mass is 32.2. The van der Waals surface area contributed by atoms with Gasteiger partial charge in [-0.3, -0.25) is 8.98 Å². The number of nitrogens with one attached hydrogen (secondary N) is 1. The van der Waals surface area contributed by atoms with E-state index in [1.807, 2.05) is 6.07 Å². The first-order valence-corrected chi connectivity index (χ1v) is 8.15. The predicted octanol–water partition coefficient (Wildman–Crippen LogP) is 0.131. The Morgan fingerprint density at radius 3 is 2.36 bits per heavy atom. The van der Waals surface area contributed by atoms with Gasteiger partial charge in [0.15, 0.2) is 0 Å². The number of primary amides is 1. The van der Waals surface area contributed by atoms with Gasteiger partial charge in [-0.05, 0) is 12.5 Å². The van der Waals surface area contributed by atoms with Crippen molar-refractivity contribution in [1.29, 1.82) is 0 Å². The molecule has 122 valence electrons. The Bertz CT molecular complexity index is 617. The maximum absolute atomic E-state index is 11.7. The van der Waals surface area contributed by atoms with E-state index in [0.29, 0.717) is 0 Å². The van der Waals surface area contributed by atoms with Crippen LogP contribution >= 0.6 is 0 Å². The largest absolute Gasteiger partial charge is 0.445 e.